The van der Waals surface area contributed by atoms with E-state index in [4.69, 9.17) is 27.8 Å². The molecule has 112 valence electrons. The number of primary amides is 2. The molecule has 0 spiro atoms. The molecule has 0 aromatic heterocycles. The number of ether oxygens (including phenoxy) is 1. The first-order valence-corrected chi connectivity index (χ1v) is 5.95. The second-order valence-electron chi connectivity index (χ2n) is 3.75. The Bertz CT molecular complexity index is 615. The molecule has 0 bridgehead atoms. The van der Waals surface area contributed by atoms with Crippen LogP contribution in [0.15, 0.2) is 35.6 Å². The molecule has 0 saturated carbocycles. The zero-order valence-electron chi connectivity index (χ0n) is 11.1. The molecule has 0 aliphatic heterocycles. The fraction of sp³-hybridized carbons (Fsp3) is 0.0833. The topological polar surface area (TPSA) is 132 Å². The molecule has 0 saturated heterocycles. The van der Waals surface area contributed by atoms with Crippen molar-refractivity contribution in [1.29, 1.82) is 0 Å². The van der Waals surface area contributed by atoms with Gasteiger partial charge in [-0.25, -0.2) is 4.79 Å². The number of benzene rings is 1. The highest BCUT2D eigenvalue weighted by atomic mass is 35.5. The minimum Gasteiger partial charge on any atom is -0.495 e. The molecular weight excluding hydrogens is 298 g/mol. The van der Waals surface area contributed by atoms with Crippen LogP contribution >= 0.6 is 11.6 Å². The third-order valence-corrected chi connectivity index (χ3v) is 2.54. The predicted molar refractivity (Wildman–Crippen MR) is 80.1 cm³/mol. The number of carbonyl (C=O) groups excluding carboxylic acids is 2. The van der Waals surface area contributed by atoms with Gasteiger partial charge in [-0.1, -0.05) is 18.2 Å². The van der Waals surface area contributed by atoms with Crippen molar-refractivity contribution < 1.29 is 14.3 Å². The van der Waals surface area contributed by atoms with E-state index in [0.717, 1.165) is 0 Å². The first-order valence-electron chi connectivity index (χ1n) is 5.58. The lowest BCUT2D eigenvalue weighted by molar-refractivity contribution is -0.111. The van der Waals surface area contributed by atoms with Crippen molar-refractivity contribution in [2.45, 2.75) is 0 Å². The van der Waals surface area contributed by atoms with E-state index >= 15 is 0 Å². The van der Waals surface area contributed by atoms with Gasteiger partial charge in [-0.3, -0.25) is 10.2 Å². The lowest BCUT2D eigenvalue weighted by Gasteiger charge is -2.09. The number of carbonyl (C=O) groups is 2. The Balaban J connectivity index is 2.93. The minimum atomic E-state index is -0.888. The maximum absolute atomic E-state index is 11.3. The molecular formula is C12H14ClN5O3. The summed E-state index contributed by atoms with van der Waals surface area (Å²) < 4.78 is 5.00. The molecule has 1 aromatic rings. The number of methoxy groups -OCH3 is 1. The molecule has 0 aliphatic carbocycles. The van der Waals surface area contributed by atoms with Crippen molar-refractivity contribution >= 4 is 34.9 Å². The van der Waals surface area contributed by atoms with Gasteiger partial charge in [0, 0.05) is 0 Å². The molecule has 0 atom stereocenters. The molecule has 9 heteroatoms. The Morgan fingerprint density at radius 1 is 1.38 bits per heavy atom. The number of halogens is 1. The van der Waals surface area contributed by atoms with E-state index in [1.54, 1.807) is 12.1 Å². The molecule has 1 aromatic carbocycles. The summed E-state index contributed by atoms with van der Waals surface area (Å²) in [6, 6.07) is 3.88. The predicted octanol–water partition coefficient (Wildman–Crippen LogP) is 0.784. The highest BCUT2D eigenvalue weighted by Crippen LogP contribution is 2.27. The molecule has 3 amide bonds. The molecule has 0 fully saturated rings. The maximum atomic E-state index is 11.3. The zero-order valence-corrected chi connectivity index (χ0v) is 11.9. The van der Waals surface area contributed by atoms with Crippen LogP contribution in [0.5, 0.6) is 5.75 Å². The van der Waals surface area contributed by atoms with Gasteiger partial charge in [0.1, 0.15) is 5.75 Å². The number of anilines is 1. The van der Waals surface area contributed by atoms with Gasteiger partial charge in [0.25, 0.3) is 5.91 Å². The number of nitrogens with one attached hydrogen (secondary N) is 2. The number of hydrogen-bond donors (Lipinski definition) is 4. The monoisotopic (exact) mass is 311 g/mol. The van der Waals surface area contributed by atoms with E-state index in [0.29, 0.717) is 16.5 Å². The normalized spacial score (nSPS) is 10.7. The van der Waals surface area contributed by atoms with E-state index in [9.17, 15) is 9.59 Å². The van der Waals surface area contributed by atoms with Crippen LogP contribution in [-0.4, -0.2) is 24.8 Å². The molecule has 21 heavy (non-hydrogen) atoms. The summed E-state index contributed by atoms with van der Waals surface area (Å²) in [4.78, 5) is 22.0. The number of rotatable bonds is 6. The molecule has 6 N–H and O–H groups in total. The Morgan fingerprint density at radius 3 is 2.52 bits per heavy atom. The van der Waals surface area contributed by atoms with Crippen LogP contribution in [0, 0.1) is 0 Å². The van der Waals surface area contributed by atoms with E-state index in [1.807, 2.05) is 0 Å². The third kappa shape index (κ3) is 4.69. The first-order chi connectivity index (χ1) is 9.85. The van der Waals surface area contributed by atoms with Crippen molar-refractivity contribution in [2.75, 3.05) is 12.5 Å². The Hall–Kier alpha value is -2.74. The molecule has 0 unspecified atom stereocenters. The standard InChI is InChI=1S/C12H14ClN5O3/c1-6(16-12(15)20)10(11(14)19)18-17-7-3-4-9(21-2)8(13)5-7/h3-5,17H,1H2,2H3,(H2,14,19)(H3,15,16,20)/b18-10+. The van der Waals surface area contributed by atoms with Crippen LogP contribution in [-0.2, 0) is 4.79 Å². The van der Waals surface area contributed by atoms with Gasteiger partial charge >= 0.3 is 6.03 Å². The number of nitrogens with two attached hydrogens (primary N) is 2. The van der Waals surface area contributed by atoms with Crippen LogP contribution in [0.2, 0.25) is 5.02 Å². The lowest BCUT2D eigenvalue weighted by Crippen LogP contribution is -2.37. The Labute approximate surface area is 125 Å². The summed E-state index contributed by atoms with van der Waals surface area (Å²) in [6.07, 6.45) is 0. The number of hydrazone groups is 1. The highest BCUT2D eigenvalue weighted by Gasteiger charge is 2.13. The molecule has 0 heterocycles. The molecule has 0 aliphatic rings. The van der Waals surface area contributed by atoms with Gasteiger partial charge < -0.3 is 21.5 Å². The van der Waals surface area contributed by atoms with E-state index in [2.05, 4.69) is 22.4 Å². The van der Waals surface area contributed by atoms with E-state index < -0.39 is 11.9 Å². The summed E-state index contributed by atoms with van der Waals surface area (Å²) in [7, 11) is 1.48. The van der Waals surface area contributed by atoms with Gasteiger partial charge in [0.15, 0.2) is 5.71 Å². The van der Waals surface area contributed by atoms with Gasteiger partial charge in [0.2, 0.25) is 0 Å². The van der Waals surface area contributed by atoms with Gasteiger partial charge in [-0.15, -0.1) is 0 Å². The Kier molecular flexibility index (Phi) is 5.56. The van der Waals surface area contributed by atoms with Crippen molar-refractivity contribution in [2.24, 2.45) is 16.6 Å². The second-order valence-corrected chi connectivity index (χ2v) is 4.16. The van der Waals surface area contributed by atoms with E-state index in [-0.39, 0.29) is 11.4 Å². The van der Waals surface area contributed by atoms with Gasteiger partial charge in [-0.2, -0.15) is 5.10 Å². The highest BCUT2D eigenvalue weighted by molar-refractivity contribution is 6.45. The first kappa shape index (κ1) is 16.3. The minimum absolute atomic E-state index is 0.123. The van der Waals surface area contributed by atoms with Crippen LogP contribution in [0.3, 0.4) is 0 Å². The van der Waals surface area contributed by atoms with Crippen molar-refractivity contribution in [3.8, 4) is 5.75 Å². The summed E-state index contributed by atoms with van der Waals surface area (Å²) in [6.45, 7) is 3.44. The quantitative estimate of drug-likeness (QED) is 0.456. The number of urea groups is 1. The average Bonchev–Trinajstić information content (AvgIpc) is 2.37. The SMILES string of the molecule is C=C(NC(N)=O)/C(=N\Nc1ccc(OC)c(Cl)c1)C(N)=O. The van der Waals surface area contributed by atoms with Crippen molar-refractivity contribution in [3.05, 3.63) is 35.5 Å². The summed E-state index contributed by atoms with van der Waals surface area (Å²) in [5, 5.41) is 6.24. The summed E-state index contributed by atoms with van der Waals surface area (Å²) in [5.41, 5.74) is 12.7. The fourth-order valence-electron chi connectivity index (χ4n) is 1.34. The van der Waals surface area contributed by atoms with Crippen LogP contribution in [0.1, 0.15) is 0 Å². The Morgan fingerprint density at radius 2 is 2.05 bits per heavy atom. The summed E-state index contributed by atoms with van der Waals surface area (Å²) >= 11 is 5.94. The average molecular weight is 312 g/mol. The summed E-state index contributed by atoms with van der Waals surface area (Å²) in [5.74, 6) is -0.401. The number of hydrogen-bond acceptors (Lipinski definition) is 5. The van der Waals surface area contributed by atoms with Gasteiger partial charge in [0.05, 0.1) is 23.5 Å². The smallest absolute Gasteiger partial charge is 0.316 e. The van der Waals surface area contributed by atoms with E-state index in [1.165, 1.54) is 13.2 Å². The maximum Gasteiger partial charge on any atom is 0.316 e. The third-order valence-electron chi connectivity index (χ3n) is 2.24. The van der Waals surface area contributed by atoms with Crippen LogP contribution in [0.25, 0.3) is 0 Å². The fourth-order valence-corrected chi connectivity index (χ4v) is 1.59. The van der Waals surface area contributed by atoms with Crippen LogP contribution in [0.4, 0.5) is 10.5 Å². The lowest BCUT2D eigenvalue weighted by atomic mass is 10.3. The molecule has 0 radical (unpaired) electrons. The molecule has 8 nitrogen and oxygen atoms in total. The van der Waals surface area contributed by atoms with Gasteiger partial charge in [-0.05, 0) is 18.2 Å². The second kappa shape index (κ2) is 7.15. The van der Waals surface area contributed by atoms with Crippen molar-refractivity contribution in [1.82, 2.24) is 5.32 Å². The largest absolute Gasteiger partial charge is 0.495 e. The zero-order chi connectivity index (χ0) is 16.0. The molecule has 1 rings (SSSR count). The van der Waals surface area contributed by atoms with Crippen LogP contribution < -0.4 is 26.9 Å². The number of nitrogens with zero attached hydrogens (tertiary/aromatic N) is 1. The van der Waals surface area contributed by atoms with Crippen molar-refractivity contribution in [3.63, 3.8) is 0 Å². The number of amides is 3.